The lowest BCUT2D eigenvalue weighted by atomic mass is 10.2. The number of aromatic nitrogens is 1. The highest BCUT2D eigenvalue weighted by atomic mass is 19.2. The first kappa shape index (κ1) is 16.5. The van der Waals surface area contributed by atoms with Gasteiger partial charge in [-0.15, -0.1) is 0 Å². The van der Waals surface area contributed by atoms with Gasteiger partial charge < -0.3 is 10.2 Å². The van der Waals surface area contributed by atoms with Crippen LogP contribution in [0.4, 0.5) is 14.5 Å². The lowest BCUT2D eigenvalue weighted by Gasteiger charge is -2.20. The molecule has 2 aromatic rings. The minimum atomic E-state index is -1.08. The Kier molecular flexibility index (Phi) is 5.35. The van der Waals surface area contributed by atoms with Crippen LogP contribution in [0.5, 0.6) is 0 Å². The van der Waals surface area contributed by atoms with Gasteiger partial charge in [-0.2, -0.15) is 0 Å². The number of pyridine rings is 1. The number of rotatable bonds is 5. The maximum atomic E-state index is 13.3. The number of hydrogen-bond donors (Lipinski definition) is 1. The van der Waals surface area contributed by atoms with E-state index in [9.17, 15) is 18.4 Å². The summed E-state index contributed by atoms with van der Waals surface area (Å²) in [5.74, 6) is -2.96. The molecule has 0 aliphatic heterocycles. The van der Waals surface area contributed by atoms with E-state index in [1.54, 1.807) is 24.5 Å². The maximum absolute atomic E-state index is 13.3. The van der Waals surface area contributed by atoms with Crippen LogP contribution in [-0.4, -0.2) is 23.3 Å². The molecule has 0 atom stereocenters. The van der Waals surface area contributed by atoms with Gasteiger partial charge in [0.2, 0.25) is 11.8 Å². The lowest BCUT2D eigenvalue weighted by molar-refractivity contribution is -0.123. The molecule has 0 radical (unpaired) electrons. The molecule has 1 heterocycles. The highest BCUT2D eigenvalue weighted by Gasteiger charge is 2.17. The molecule has 0 aliphatic rings. The van der Waals surface area contributed by atoms with E-state index in [0.717, 1.165) is 22.6 Å². The third-order valence-electron chi connectivity index (χ3n) is 3.14. The van der Waals surface area contributed by atoms with Gasteiger partial charge in [-0.3, -0.25) is 14.6 Å². The topological polar surface area (TPSA) is 62.3 Å². The Balaban J connectivity index is 2.02. The van der Waals surface area contributed by atoms with Crippen molar-refractivity contribution in [2.75, 3.05) is 11.4 Å². The average molecular weight is 319 g/mol. The van der Waals surface area contributed by atoms with E-state index >= 15 is 0 Å². The molecule has 120 valence electrons. The molecule has 7 heteroatoms. The standard InChI is InChI=1S/C16H15F2N3O2/c1-11(22)21(13-2-3-14(17)15(18)8-13)10-16(23)20-9-12-4-6-19-7-5-12/h2-8H,9-10H2,1H3,(H,20,23). The summed E-state index contributed by atoms with van der Waals surface area (Å²) < 4.78 is 26.3. The molecule has 2 amide bonds. The summed E-state index contributed by atoms with van der Waals surface area (Å²) in [7, 11) is 0. The van der Waals surface area contributed by atoms with Crippen LogP contribution in [0.1, 0.15) is 12.5 Å². The van der Waals surface area contributed by atoms with Gasteiger partial charge in [0.1, 0.15) is 6.54 Å². The summed E-state index contributed by atoms with van der Waals surface area (Å²) in [6, 6.07) is 6.54. The fourth-order valence-electron chi connectivity index (χ4n) is 1.94. The van der Waals surface area contributed by atoms with Gasteiger partial charge in [0, 0.05) is 37.6 Å². The van der Waals surface area contributed by atoms with Gasteiger partial charge in [-0.25, -0.2) is 8.78 Å². The zero-order valence-corrected chi connectivity index (χ0v) is 12.4. The molecule has 0 saturated carbocycles. The van der Waals surface area contributed by atoms with E-state index in [1.807, 2.05) is 0 Å². The van der Waals surface area contributed by atoms with Crippen LogP contribution in [0.15, 0.2) is 42.7 Å². The predicted octanol–water partition coefficient (Wildman–Crippen LogP) is 2.03. The smallest absolute Gasteiger partial charge is 0.240 e. The van der Waals surface area contributed by atoms with Gasteiger partial charge >= 0.3 is 0 Å². The number of anilines is 1. The number of nitrogens with one attached hydrogen (secondary N) is 1. The zero-order chi connectivity index (χ0) is 16.8. The molecule has 0 fully saturated rings. The molecule has 0 aliphatic carbocycles. The van der Waals surface area contributed by atoms with Crippen molar-refractivity contribution < 1.29 is 18.4 Å². The van der Waals surface area contributed by atoms with Crippen molar-refractivity contribution in [2.24, 2.45) is 0 Å². The number of amides is 2. The minimum Gasteiger partial charge on any atom is -0.350 e. The SMILES string of the molecule is CC(=O)N(CC(=O)NCc1ccncc1)c1ccc(F)c(F)c1. The van der Waals surface area contributed by atoms with E-state index in [0.29, 0.717) is 0 Å². The number of halogens is 2. The molecular formula is C16H15F2N3O2. The molecule has 1 N–H and O–H groups in total. The van der Waals surface area contributed by atoms with E-state index in [-0.39, 0.29) is 18.8 Å². The molecule has 2 rings (SSSR count). The van der Waals surface area contributed by atoms with E-state index in [2.05, 4.69) is 10.3 Å². The monoisotopic (exact) mass is 319 g/mol. The molecule has 0 spiro atoms. The highest BCUT2D eigenvalue weighted by molar-refractivity contribution is 5.97. The Morgan fingerprint density at radius 3 is 2.43 bits per heavy atom. The molecule has 1 aromatic heterocycles. The van der Waals surface area contributed by atoms with E-state index in [1.165, 1.54) is 13.0 Å². The van der Waals surface area contributed by atoms with Crippen LogP contribution < -0.4 is 10.2 Å². The van der Waals surface area contributed by atoms with Gasteiger partial charge in [0.25, 0.3) is 0 Å². The number of nitrogens with zero attached hydrogens (tertiary/aromatic N) is 2. The molecule has 23 heavy (non-hydrogen) atoms. The second-order valence-electron chi connectivity index (χ2n) is 4.84. The van der Waals surface area contributed by atoms with Crippen LogP contribution in [0.3, 0.4) is 0 Å². The Morgan fingerprint density at radius 1 is 1.13 bits per heavy atom. The van der Waals surface area contributed by atoms with Crippen molar-refractivity contribution in [1.29, 1.82) is 0 Å². The summed E-state index contributed by atoms with van der Waals surface area (Å²) >= 11 is 0. The summed E-state index contributed by atoms with van der Waals surface area (Å²) in [6.07, 6.45) is 3.20. The average Bonchev–Trinajstić information content (AvgIpc) is 2.54. The van der Waals surface area contributed by atoms with E-state index in [4.69, 9.17) is 0 Å². The summed E-state index contributed by atoms with van der Waals surface area (Å²) in [4.78, 5) is 28.6. The van der Waals surface area contributed by atoms with Crippen LogP contribution >= 0.6 is 0 Å². The van der Waals surface area contributed by atoms with Crippen molar-refractivity contribution in [1.82, 2.24) is 10.3 Å². The predicted molar refractivity (Wildman–Crippen MR) is 80.5 cm³/mol. The first-order valence-corrected chi connectivity index (χ1v) is 6.86. The normalized spacial score (nSPS) is 10.2. The summed E-state index contributed by atoms with van der Waals surface area (Å²) in [6.45, 7) is 1.24. The second-order valence-corrected chi connectivity index (χ2v) is 4.84. The zero-order valence-electron chi connectivity index (χ0n) is 12.4. The minimum absolute atomic E-state index is 0.121. The van der Waals surface area contributed by atoms with Gasteiger partial charge in [0.15, 0.2) is 11.6 Å². The van der Waals surface area contributed by atoms with Crippen LogP contribution in [0, 0.1) is 11.6 Å². The Morgan fingerprint density at radius 2 is 1.83 bits per heavy atom. The molecule has 1 aromatic carbocycles. The Hall–Kier alpha value is -2.83. The third kappa shape index (κ3) is 4.57. The molecule has 0 bridgehead atoms. The summed E-state index contributed by atoms with van der Waals surface area (Å²) in [5.41, 5.74) is 0.978. The first-order valence-electron chi connectivity index (χ1n) is 6.86. The van der Waals surface area contributed by atoms with Crippen molar-refractivity contribution in [2.45, 2.75) is 13.5 Å². The number of carbonyl (C=O) groups excluding carboxylic acids is 2. The number of carbonyl (C=O) groups is 2. The molecular weight excluding hydrogens is 304 g/mol. The van der Waals surface area contributed by atoms with Crippen molar-refractivity contribution in [3.05, 3.63) is 59.9 Å². The second kappa shape index (κ2) is 7.44. The van der Waals surface area contributed by atoms with E-state index < -0.39 is 23.4 Å². The molecule has 0 unspecified atom stereocenters. The van der Waals surface area contributed by atoms with Gasteiger partial charge in [-0.1, -0.05) is 0 Å². The highest BCUT2D eigenvalue weighted by Crippen LogP contribution is 2.18. The van der Waals surface area contributed by atoms with Crippen LogP contribution in [-0.2, 0) is 16.1 Å². The third-order valence-corrected chi connectivity index (χ3v) is 3.14. The van der Waals surface area contributed by atoms with Crippen LogP contribution in [0.2, 0.25) is 0 Å². The Bertz CT molecular complexity index is 708. The lowest BCUT2D eigenvalue weighted by Crippen LogP contribution is -2.39. The quantitative estimate of drug-likeness (QED) is 0.917. The van der Waals surface area contributed by atoms with Crippen LogP contribution in [0.25, 0.3) is 0 Å². The molecule has 5 nitrogen and oxygen atoms in total. The van der Waals surface area contributed by atoms with Gasteiger partial charge in [-0.05, 0) is 29.8 Å². The van der Waals surface area contributed by atoms with Crippen molar-refractivity contribution in [3.8, 4) is 0 Å². The summed E-state index contributed by atoms with van der Waals surface area (Å²) in [5, 5.41) is 2.65. The van der Waals surface area contributed by atoms with Crippen molar-refractivity contribution in [3.63, 3.8) is 0 Å². The molecule has 0 saturated heterocycles. The largest absolute Gasteiger partial charge is 0.350 e. The van der Waals surface area contributed by atoms with Crippen molar-refractivity contribution >= 4 is 17.5 Å². The fraction of sp³-hybridized carbons (Fsp3) is 0.188. The fourth-order valence-corrected chi connectivity index (χ4v) is 1.94. The number of benzene rings is 1. The maximum Gasteiger partial charge on any atom is 0.240 e. The number of hydrogen-bond acceptors (Lipinski definition) is 3. The van der Waals surface area contributed by atoms with Gasteiger partial charge in [0.05, 0.1) is 0 Å². The Labute approximate surface area is 131 Å². The first-order chi connectivity index (χ1) is 11.0.